The van der Waals surface area contributed by atoms with Crippen LogP contribution < -0.4 is 0 Å². The van der Waals surface area contributed by atoms with E-state index in [2.05, 4.69) is 0 Å². The van der Waals surface area contributed by atoms with Gasteiger partial charge in [-0.05, 0) is 17.5 Å². The molecule has 0 fully saturated rings. The lowest BCUT2D eigenvalue weighted by molar-refractivity contribution is 0.0618. The maximum absolute atomic E-state index is 12.0. The Morgan fingerprint density at radius 1 is 1.07 bits per heavy atom. The molecule has 0 saturated carbocycles. The number of nitrogens with zero attached hydrogens (tertiary/aromatic N) is 1. The van der Waals surface area contributed by atoms with Crippen molar-refractivity contribution in [2.45, 2.75) is 12.3 Å². The van der Waals surface area contributed by atoms with Crippen LogP contribution in [0.2, 0.25) is 0 Å². The minimum atomic E-state index is -0.465. The van der Waals surface area contributed by atoms with Gasteiger partial charge in [-0.15, -0.1) is 0 Å². The van der Waals surface area contributed by atoms with Gasteiger partial charge < -0.3 is 0 Å². The maximum Gasteiger partial charge on any atom is 0.260 e. The molecule has 0 atom stereocenters. The average molecular weight is 199 g/mol. The fourth-order valence-electron chi connectivity index (χ4n) is 1.80. The molecule has 1 aliphatic heterocycles. The van der Waals surface area contributed by atoms with E-state index >= 15 is 0 Å². The van der Waals surface area contributed by atoms with Crippen molar-refractivity contribution in [2.24, 2.45) is 0 Å². The summed E-state index contributed by atoms with van der Waals surface area (Å²) in [6, 6.07) is 6.94. The van der Waals surface area contributed by atoms with E-state index in [1.807, 2.05) is 22.6 Å². The molecule has 0 aromatic heterocycles. The Morgan fingerprint density at radius 2 is 1.47 bits per heavy atom. The first-order valence-electron chi connectivity index (χ1n) is 4.91. The van der Waals surface area contributed by atoms with Crippen molar-refractivity contribution < 1.29 is 9.59 Å². The van der Waals surface area contributed by atoms with Crippen LogP contribution in [-0.2, 0) is 0 Å². The summed E-state index contributed by atoms with van der Waals surface area (Å²) in [5, 5.41) is -0.465. The van der Waals surface area contributed by atoms with Gasteiger partial charge in [0.05, 0.1) is 11.1 Å². The van der Waals surface area contributed by atoms with E-state index in [4.69, 9.17) is 0 Å². The molecule has 15 heavy (non-hydrogen) atoms. The third kappa shape index (κ3) is 1.39. The Bertz CT molecular complexity index is 416. The molecule has 1 aliphatic rings. The standard InChI is InChI=1S/C10H11B2NO2/c1-10(11,12)13-8(14)6-4-2-3-5-7(6)9(13)15/h2-5H,11-12H2,1H3. The highest BCUT2D eigenvalue weighted by atomic mass is 16.2. The lowest BCUT2D eigenvalue weighted by Gasteiger charge is -2.29. The van der Waals surface area contributed by atoms with Crippen LogP contribution >= 0.6 is 0 Å². The number of carbonyl (C=O) groups is 2. The fraction of sp³-hybridized carbons (Fsp3) is 0.200. The van der Waals surface area contributed by atoms with Crippen LogP contribution in [0.4, 0.5) is 0 Å². The van der Waals surface area contributed by atoms with Crippen LogP contribution in [0.25, 0.3) is 0 Å². The van der Waals surface area contributed by atoms with Crippen molar-refractivity contribution in [2.75, 3.05) is 0 Å². The fourth-order valence-corrected chi connectivity index (χ4v) is 1.80. The second-order valence-electron chi connectivity index (χ2n) is 4.66. The molecule has 1 aromatic rings. The Labute approximate surface area is 90.3 Å². The molecule has 3 nitrogen and oxygen atoms in total. The predicted molar refractivity (Wildman–Crippen MR) is 62.4 cm³/mol. The van der Waals surface area contributed by atoms with Crippen LogP contribution in [-0.4, -0.2) is 37.7 Å². The molecule has 0 bridgehead atoms. The van der Waals surface area contributed by atoms with E-state index in [1.165, 1.54) is 4.90 Å². The molecular weight excluding hydrogens is 188 g/mol. The maximum atomic E-state index is 12.0. The van der Waals surface area contributed by atoms with Gasteiger partial charge in [0, 0.05) is 0 Å². The molecule has 1 aromatic carbocycles. The minimum absolute atomic E-state index is 0.192. The van der Waals surface area contributed by atoms with Crippen molar-refractivity contribution in [3.63, 3.8) is 0 Å². The summed E-state index contributed by atoms with van der Waals surface area (Å²) in [7, 11) is 3.71. The molecule has 2 amide bonds. The van der Waals surface area contributed by atoms with Crippen LogP contribution in [0.15, 0.2) is 24.3 Å². The van der Waals surface area contributed by atoms with E-state index in [0.29, 0.717) is 11.1 Å². The Hall–Kier alpha value is -1.51. The number of imide groups is 1. The number of fused-ring (bicyclic) bond motifs is 1. The van der Waals surface area contributed by atoms with Crippen molar-refractivity contribution in [3.8, 4) is 0 Å². The number of carbonyl (C=O) groups excluding carboxylic acids is 2. The SMILES string of the molecule is BC(B)(C)N1C(=O)c2ccccc2C1=O. The number of hydrogen-bond donors (Lipinski definition) is 0. The Balaban J connectivity index is 2.55. The molecular formula is C10H11B2NO2. The number of hydrogen-bond acceptors (Lipinski definition) is 2. The smallest absolute Gasteiger partial charge is 0.260 e. The van der Waals surface area contributed by atoms with Crippen LogP contribution in [0.5, 0.6) is 0 Å². The quantitative estimate of drug-likeness (QED) is 0.439. The molecule has 0 spiro atoms. The lowest BCUT2D eigenvalue weighted by atomic mass is 9.62. The first-order valence-corrected chi connectivity index (χ1v) is 4.91. The van der Waals surface area contributed by atoms with Crippen LogP contribution in [0.1, 0.15) is 27.6 Å². The van der Waals surface area contributed by atoms with Gasteiger partial charge in [-0.25, -0.2) is 0 Å². The Morgan fingerprint density at radius 3 is 1.80 bits per heavy atom. The summed E-state index contributed by atoms with van der Waals surface area (Å²) < 4.78 is 0. The van der Waals surface area contributed by atoms with Gasteiger partial charge in [-0.2, -0.15) is 0 Å². The van der Waals surface area contributed by atoms with E-state index < -0.39 is 5.34 Å². The molecule has 74 valence electrons. The summed E-state index contributed by atoms with van der Waals surface area (Å²) in [6.07, 6.45) is 0. The van der Waals surface area contributed by atoms with Crippen molar-refractivity contribution in [3.05, 3.63) is 35.4 Å². The lowest BCUT2D eigenvalue weighted by Crippen LogP contribution is -2.50. The zero-order valence-electron chi connectivity index (χ0n) is 9.07. The van der Waals surface area contributed by atoms with Gasteiger partial charge in [0.1, 0.15) is 15.7 Å². The second kappa shape index (κ2) is 2.99. The zero-order valence-corrected chi connectivity index (χ0v) is 9.07. The molecule has 0 saturated heterocycles. The molecule has 5 heteroatoms. The average Bonchev–Trinajstić information content (AvgIpc) is 2.39. The third-order valence-corrected chi connectivity index (χ3v) is 2.46. The molecule has 1 heterocycles. The number of amides is 2. The molecule has 0 radical (unpaired) electrons. The predicted octanol–water partition coefficient (Wildman–Crippen LogP) is -0.778. The number of rotatable bonds is 1. The van der Waals surface area contributed by atoms with Gasteiger partial charge in [0.25, 0.3) is 11.8 Å². The van der Waals surface area contributed by atoms with Gasteiger partial charge in [-0.3, -0.25) is 14.5 Å². The van der Waals surface area contributed by atoms with E-state index in [0.717, 1.165) is 0 Å². The van der Waals surface area contributed by atoms with Crippen molar-refractivity contribution in [1.82, 2.24) is 4.90 Å². The van der Waals surface area contributed by atoms with Crippen molar-refractivity contribution in [1.29, 1.82) is 0 Å². The zero-order chi connectivity index (χ0) is 11.2. The monoisotopic (exact) mass is 199 g/mol. The minimum Gasteiger partial charge on any atom is -0.285 e. The van der Waals surface area contributed by atoms with Crippen molar-refractivity contribution >= 4 is 27.5 Å². The van der Waals surface area contributed by atoms with Crippen LogP contribution in [0, 0.1) is 0 Å². The van der Waals surface area contributed by atoms with E-state index in [1.54, 1.807) is 24.3 Å². The van der Waals surface area contributed by atoms with Gasteiger partial charge in [0.2, 0.25) is 0 Å². The first-order chi connectivity index (χ1) is 6.93. The van der Waals surface area contributed by atoms with Gasteiger partial charge >= 0.3 is 0 Å². The highest BCUT2D eigenvalue weighted by molar-refractivity contribution is 6.43. The molecule has 2 rings (SSSR count). The molecule has 0 unspecified atom stereocenters. The van der Waals surface area contributed by atoms with Gasteiger partial charge in [-0.1, -0.05) is 19.1 Å². The largest absolute Gasteiger partial charge is 0.285 e. The molecule has 0 N–H and O–H groups in total. The highest BCUT2D eigenvalue weighted by Gasteiger charge is 2.40. The van der Waals surface area contributed by atoms with Crippen LogP contribution in [0.3, 0.4) is 0 Å². The second-order valence-corrected chi connectivity index (χ2v) is 4.66. The summed E-state index contributed by atoms with van der Waals surface area (Å²) in [6.45, 7) is 1.86. The topological polar surface area (TPSA) is 37.4 Å². The van der Waals surface area contributed by atoms with E-state index in [-0.39, 0.29) is 11.8 Å². The summed E-state index contributed by atoms with van der Waals surface area (Å²) in [5.74, 6) is -0.383. The Kier molecular flexibility index (Phi) is 2.00. The summed E-state index contributed by atoms with van der Waals surface area (Å²) in [5.41, 5.74) is 1.02. The number of benzene rings is 1. The van der Waals surface area contributed by atoms with Gasteiger partial charge in [0.15, 0.2) is 0 Å². The third-order valence-electron chi connectivity index (χ3n) is 2.46. The summed E-state index contributed by atoms with van der Waals surface area (Å²) >= 11 is 0. The summed E-state index contributed by atoms with van der Waals surface area (Å²) in [4.78, 5) is 25.2. The molecule has 0 aliphatic carbocycles. The highest BCUT2D eigenvalue weighted by Crippen LogP contribution is 2.26. The normalized spacial score (nSPS) is 15.7. The first kappa shape index (κ1) is 10.0. The van der Waals surface area contributed by atoms with E-state index in [9.17, 15) is 9.59 Å².